The van der Waals surface area contributed by atoms with Crippen molar-refractivity contribution < 1.29 is 14.3 Å². The van der Waals surface area contributed by atoms with Crippen LogP contribution in [0.15, 0.2) is 0 Å². The molecular formula is C11H23NO3S. The van der Waals surface area contributed by atoms with Gasteiger partial charge >= 0.3 is 5.97 Å². The molecule has 0 radical (unpaired) electrons. The second-order valence-corrected chi connectivity index (χ2v) is 3.92. The van der Waals surface area contributed by atoms with Crippen LogP contribution in [0.25, 0.3) is 0 Å². The summed E-state index contributed by atoms with van der Waals surface area (Å²) in [6.07, 6.45) is 1.49. The summed E-state index contributed by atoms with van der Waals surface area (Å²) in [5.41, 5.74) is 0. The van der Waals surface area contributed by atoms with Gasteiger partial charge in [0.15, 0.2) is 6.61 Å². The zero-order valence-electron chi connectivity index (χ0n) is 10.7. The molecule has 16 heavy (non-hydrogen) atoms. The van der Waals surface area contributed by atoms with E-state index in [1.807, 2.05) is 13.8 Å². The summed E-state index contributed by atoms with van der Waals surface area (Å²) in [6.45, 7) is 5.92. The van der Waals surface area contributed by atoms with Gasteiger partial charge in [-0.2, -0.15) is 11.8 Å². The van der Waals surface area contributed by atoms with Crippen molar-refractivity contribution in [2.24, 2.45) is 0 Å². The number of nitrogens with one attached hydrogen (secondary N) is 1. The maximum absolute atomic E-state index is 11.0. The van der Waals surface area contributed by atoms with Crippen LogP contribution in [0.3, 0.4) is 0 Å². The van der Waals surface area contributed by atoms with Crippen LogP contribution in [0.4, 0.5) is 0 Å². The number of carbonyl (C=O) groups is 2. The maximum Gasteiger partial charge on any atom is 0.307 e. The molecule has 0 saturated carbocycles. The molecule has 1 N–H and O–H groups in total. The van der Waals surface area contributed by atoms with Crippen LogP contribution in [0.5, 0.6) is 0 Å². The average Bonchev–Trinajstić information content (AvgIpc) is 2.34. The first-order valence-corrected chi connectivity index (χ1v) is 6.80. The highest BCUT2D eigenvalue weighted by Gasteiger charge is 2.05. The Morgan fingerprint density at radius 2 is 1.88 bits per heavy atom. The zero-order valence-corrected chi connectivity index (χ0v) is 11.5. The van der Waals surface area contributed by atoms with E-state index in [-0.39, 0.29) is 18.5 Å². The molecule has 0 aromatic heterocycles. The summed E-state index contributed by atoms with van der Waals surface area (Å²) in [6, 6.07) is 0. The standard InChI is InChI=1S/C9H17NO3S.C2H6/c1-3-5-14-6-4-9(12)13-7-8(11)10-2;1-2/h3-7H2,1-2H3,(H,10,11);1-2H3. The molecular weight excluding hydrogens is 226 g/mol. The van der Waals surface area contributed by atoms with Crippen molar-refractivity contribution in [3.05, 3.63) is 0 Å². The van der Waals surface area contributed by atoms with Gasteiger partial charge in [0, 0.05) is 12.8 Å². The van der Waals surface area contributed by atoms with Gasteiger partial charge < -0.3 is 10.1 Å². The fourth-order valence-electron chi connectivity index (χ4n) is 0.692. The predicted octanol–water partition coefficient (Wildman–Crippen LogP) is 1.84. The minimum absolute atomic E-state index is 0.173. The summed E-state index contributed by atoms with van der Waals surface area (Å²) in [5, 5.41) is 2.38. The number of likely N-dealkylation sites (N-methyl/N-ethyl adjacent to an activating group) is 1. The highest BCUT2D eigenvalue weighted by Crippen LogP contribution is 2.04. The number of carbonyl (C=O) groups excluding carboxylic acids is 2. The first kappa shape index (κ1) is 17.7. The number of amides is 1. The molecule has 96 valence electrons. The topological polar surface area (TPSA) is 55.4 Å². The Kier molecular flexibility index (Phi) is 15.8. The first-order valence-electron chi connectivity index (χ1n) is 5.64. The van der Waals surface area contributed by atoms with Gasteiger partial charge in [-0.15, -0.1) is 0 Å². The monoisotopic (exact) mass is 249 g/mol. The van der Waals surface area contributed by atoms with Crippen LogP contribution in [-0.2, 0) is 14.3 Å². The number of rotatable bonds is 7. The molecule has 0 unspecified atom stereocenters. The van der Waals surface area contributed by atoms with Crippen molar-refractivity contribution in [1.82, 2.24) is 5.32 Å². The van der Waals surface area contributed by atoms with E-state index in [1.165, 1.54) is 7.05 Å². The number of hydrogen-bond donors (Lipinski definition) is 1. The van der Waals surface area contributed by atoms with Crippen LogP contribution in [-0.4, -0.2) is 37.0 Å². The van der Waals surface area contributed by atoms with Crippen molar-refractivity contribution >= 4 is 23.6 Å². The Hall–Kier alpha value is -0.710. The number of esters is 1. The summed E-state index contributed by atoms with van der Waals surface area (Å²) >= 11 is 1.72. The van der Waals surface area contributed by atoms with Crippen molar-refractivity contribution in [2.75, 3.05) is 25.2 Å². The molecule has 1 amide bonds. The zero-order chi connectivity index (χ0) is 12.8. The first-order chi connectivity index (χ1) is 7.70. The molecule has 0 rings (SSSR count). The molecule has 0 atom stereocenters. The van der Waals surface area contributed by atoms with Gasteiger partial charge in [-0.25, -0.2) is 0 Å². The molecule has 0 aromatic carbocycles. The Balaban J connectivity index is 0. The highest BCUT2D eigenvalue weighted by molar-refractivity contribution is 7.99. The lowest BCUT2D eigenvalue weighted by molar-refractivity contribution is -0.147. The Morgan fingerprint density at radius 1 is 1.25 bits per heavy atom. The van der Waals surface area contributed by atoms with Crippen molar-refractivity contribution in [2.45, 2.75) is 33.6 Å². The quantitative estimate of drug-likeness (QED) is 0.552. The third-order valence-corrected chi connectivity index (χ3v) is 2.63. The Labute approximate surface area is 103 Å². The second kappa shape index (κ2) is 14.3. The molecule has 0 saturated heterocycles. The van der Waals surface area contributed by atoms with E-state index in [0.29, 0.717) is 6.42 Å². The lowest BCUT2D eigenvalue weighted by Gasteiger charge is -2.03. The minimum atomic E-state index is -0.308. The van der Waals surface area contributed by atoms with E-state index in [9.17, 15) is 9.59 Å². The van der Waals surface area contributed by atoms with E-state index in [1.54, 1.807) is 11.8 Å². The number of ether oxygens (including phenoxy) is 1. The SMILES string of the molecule is CC.CCCSCCC(=O)OCC(=O)NC. The average molecular weight is 249 g/mol. The van der Waals surface area contributed by atoms with E-state index in [4.69, 9.17) is 4.74 Å². The fraction of sp³-hybridized carbons (Fsp3) is 0.818. The van der Waals surface area contributed by atoms with E-state index in [0.717, 1.165) is 17.9 Å². The molecule has 4 nitrogen and oxygen atoms in total. The third kappa shape index (κ3) is 13.3. The van der Waals surface area contributed by atoms with Gasteiger partial charge in [0.05, 0.1) is 6.42 Å². The van der Waals surface area contributed by atoms with Crippen molar-refractivity contribution in [1.29, 1.82) is 0 Å². The molecule has 0 spiro atoms. The molecule has 0 aliphatic heterocycles. The molecule has 0 aliphatic rings. The van der Waals surface area contributed by atoms with Gasteiger partial charge in [0.25, 0.3) is 5.91 Å². The highest BCUT2D eigenvalue weighted by atomic mass is 32.2. The van der Waals surface area contributed by atoms with Gasteiger partial charge in [-0.05, 0) is 12.2 Å². The van der Waals surface area contributed by atoms with Crippen LogP contribution in [0, 0.1) is 0 Å². The minimum Gasteiger partial charge on any atom is -0.456 e. The summed E-state index contributed by atoms with van der Waals surface area (Å²) in [5.74, 6) is 1.24. The third-order valence-electron chi connectivity index (χ3n) is 1.44. The molecule has 0 aromatic rings. The van der Waals surface area contributed by atoms with E-state index >= 15 is 0 Å². The van der Waals surface area contributed by atoms with Crippen LogP contribution in [0.1, 0.15) is 33.6 Å². The Bertz CT molecular complexity index is 186. The smallest absolute Gasteiger partial charge is 0.307 e. The molecule has 0 fully saturated rings. The largest absolute Gasteiger partial charge is 0.456 e. The molecule has 0 heterocycles. The van der Waals surface area contributed by atoms with E-state index in [2.05, 4.69) is 12.2 Å². The molecule has 0 aliphatic carbocycles. The second-order valence-electron chi connectivity index (χ2n) is 2.70. The van der Waals surface area contributed by atoms with E-state index < -0.39 is 0 Å². The van der Waals surface area contributed by atoms with Crippen molar-refractivity contribution in [3.8, 4) is 0 Å². The maximum atomic E-state index is 11.0. The predicted molar refractivity (Wildman–Crippen MR) is 68.6 cm³/mol. The lowest BCUT2D eigenvalue weighted by atomic mass is 10.5. The van der Waals surface area contributed by atoms with Crippen LogP contribution in [0.2, 0.25) is 0 Å². The van der Waals surface area contributed by atoms with Crippen molar-refractivity contribution in [3.63, 3.8) is 0 Å². The molecule has 0 bridgehead atoms. The normalized spacial score (nSPS) is 8.75. The lowest BCUT2D eigenvalue weighted by Crippen LogP contribution is -2.25. The van der Waals surface area contributed by atoms with Gasteiger partial charge in [-0.1, -0.05) is 20.8 Å². The number of hydrogen-bond acceptors (Lipinski definition) is 4. The fourth-order valence-corrected chi connectivity index (χ4v) is 1.50. The number of thioether (sulfide) groups is 1. The van der Waals surface area contributed by atoms with Gasteiger partial charge in [0.1, 0.15) is 0 Å². The Morgan fingerprint density at radius 3 is 2.38 bits per heavy atom. The molecule has 5 heteroatoms. The van der Waals surface area contributed by atoms with Gasteiger partial charge in [-0.3, -0.25) is 9.59 Å². The van der Waals surface area contributed by atoms with Gasteiger partial charge in [0.2, 0.25) is 0 Å². The summed E-state index contributed by atoms with van der Waals surface area (Å²) in [7, 11) is 1.51. The summed E-state index contributed by atoms with van der Waals surface area (Å²) < 4.78 is 4.71. The van der Waals surface area contributed by atoms with Crippen LogP contribution >= 0.6 is 11.8 Å². The summed E-state index contributed by atoms with van der Waals surface area (Å²) in [4.78, 5) is 21.7. The van der Waals surface area contributed by atoms with Crippen LogP contribution < -0.4 is 5.32 Å².